The van der Waals surface area contributed by atoms with E-state index < -0.39 is 0 Å². The number of hydrogen-bond donors (Lipinski definition) is 0. The lowest BCUT2D eigenvalue weighted by atomic mass is 10.1. The first-order valence-electron chi connectivity index (χ1n) is 6.46. The molecule has 0 radical (unpaired) electrons. The van der Waals surface area contributed by atoms with Gasteiger partial charge < -0.3 is 14.4 Å². The number of oxime groups is 2. The molecule has 0 spiro atoms. The number of benzene rings is 1. The molecule has 1 aromatic rings. The van der Waals surface area contributed by atoms with Gasteiger partial charge in [-0.1, -0.05) is 34.6 Å². The summed E-state index contributed by atoms with van der Waals surface area (Å²) in [5.41, 5.74) is 3.02. The van der Waals surface area contributed by atoms with Crippen LogP contribution in [-0.4, -0.2) is 31.6 Å². The molecular weight excluding hydrogens is 272 g/mol. The summed E-state index contributed by atoms with van der Waals surface area (Å²) in [4.78, 5) is 21.3. The van der Waals surface area contributed by atoms with Gasteiger partial charge in [0.1, 0.15) is 25.1 Å². The number of rotatable bonds is 7. The Morgan fingerprint density at radius 2 is 1.67 bits per heavy atom. The fraction of sp³-hybridized carbons (Fsp3) is 0.400. The quantitative estimate of drug-likeness (QED) is 0.439. The highest BCUT2D eigenvalue weighted by atomic mass is 16.6. The minimum atomic E-state index is -0.287. The van der Waals surface area contributed by atoms with E-state index in [2.05, 4.69) is 19.9 Å². The first-order chi connectivity index (χ1) is 10.1. The van der Waals surface area contributed by atoms with E-state index in [4.69, 9.17) is 4.84 Å². The summed E-state index contributed by atoms with van der Waals surface area (Å²) >= 11 is 0. The van der Waals surface area contributed by atoms with Gasteiger partial charge in [-0.25, -0.2) is 0 Å². The van der Waals surface area contributed by atoms with Gasteiger partial charge in [0.05, 0.1) is 13.5 Å². The average molecular weight is 292 g/mol. The molecule has 21 heavy (non-hydrogen) atoms. The summed E-state index contributed by atoms with van der Waals surface area (Å²) in [5, 5.41) is 7.73. The zero-order valence-electron chi connectivity index (χ0n) is 12.8. The van der Waals surface area contributed by atoms with Crippen LogP contribution in [-0.2, 0) is 32.2 Å². The Morgan fingerprint density at radius 3 is 2.29 bits per heavy atom. The van der Waals surface area contributed by atoms with Gasteiger partial charge in [-0.15, -0.1) is 0 Å². The molecule has 0 aliphatic carbocycles. The minimum absolute atomic E-state index is 0.211. The van der Waals surface area contributed by atoms with E-state index in [1.54, 1.807) is 13.8 Å². The lowest BCUT2D eigenvalue weighted by Gasteiger charge is -2.08. The standard InChI is InChI=1S/C15H20N2O4/c1-11(16-20-4)12(2)17-21-10-14-8-6-5-7-13(14)9-15(18)19-3/h5-8H,9-10H2,1-4H3/b16-11-,17-12-. The van der Waals surface area contributed by atoms with E-state index in [1.807, 2.05) is 24.3 Å². The van der Waals surface area contributed by atoms with E-state index in [9.17, 15) is 4.79 Å². The Hall–Kier alpha value is -2.37. The van der Waals surface area contributed by atoms with Gasteiger partial charge in [0, 0.05) is 0 Å². The third-order valence-corrected chi connectivity index (χ3v) is 2.85. The maximum atomic E-state index is 11.4. The van der Waals surface area contributed by atoms with Crippen LogP contribution in [0.4, 0.5) is 0 Å². The number of methoxy groups -OCH3 is 1. The van der Waals surface area contributed by atoms with Gasteiger partial charge in [0.2, 0.25) is 0 Å². The normalized spacial score (nSPS) is 12.0. The lowest BCUT2D eigenvalue weighted by Crippen LogP contribution is -2.08. The van der Waals surface area contributed by atoms with Crippen molar-refractivity contribution in [1.82, 2.24) is 0 Å². The maximum absolute atomic E-state index is 11.4. The smallest absolute Gasteiger partial charge is 0.309 e. The van der Waals surface area contributed by atoms with Crippen LogP contribution in [0.3, 0.4) is 0 Å². The first kappa shape index (κ1) is 16.7. The third kappa shape index (κ3) is 5.64. The van der Waals surface area contributed by atoms with Crippen LogP contribution in [0.5, 0.6) is 0 Å². The van der Waals surface area contributed by atoms with Crippen LogP contribution in [0.15, 0.2) is 34.6 Å². The monoisotopic (exact) mass is 292 g/mol. The molecule has 0 heterocycles. The topological polar surface area (TPSA) is 69.5 Å². The predicted molar refractivity (Wildman–Crippen MR) is 80.2 cm³/mol. The number of carbonyl (C=O) groups excluding carboxylic acids is 1. The van der Waals surface area contributed by atoms with Gasteiger partial charge in [-0.3, -0.25) is 4.79 Å². The summed E-state index contributed by atoms with van der Waals surface area (Å²) in [6.07, 6.45) is 0.211. The molecule has 0 aliphatic rings. The summed E-state index contributed by atoms with van der Waals surface area (Å²) in [5.74, 6) is -0.287. The Bertz CT molecular complexity index is 538. The molecule has 0 N–H and O–H groups in total. The molecule has 0 unspecified atom stereocenters. The van der Waals surface area contributed by atoms with Crippen molar-refractivity contribution in [3.63, 3.8) is 0 Å². The number of hydrogen-bond acceptors (Lipinski definition) is 6. The van der Waals surface area contributed by atoms with E-state index >= 15 is 0 Å². The van der Waals surface area contributed by atoms with Crippen molar-refractivity contribution in [3.05, 3.63) is 35.4 Å². The highest BCUT2D eigenvalue weighted by Crippen LogP contribution is 2.11. The molecule has 0 atom stereocenters. The molecule has 0 saturated carbocycles. The first-order valence-corrected chi connectivity index (χ1v) is 6.46. The average Bonchev–Trinajstić information content (AvgIpc) is 2.48. The summed E-state index contributed by atoms with van der Waals surface area (Å²) < 4.78 is 4.67. The second-order valence-corrected chi connectivity index (χ2v) is 4.33. The minimum Gasteiger partial charge on any atom is -0.469 e. The molecular formula is C15H20N2O4. The van der Waals surface area contributed by atoms with E-state index in [1.165, 1.54) is 14.2 Å². The summed E-state index contributed by atoms with van der Waals surface area (Å²) in [6, 6.07) is 7.50. The molecule has 0 fully saturated rings. The molecule has 0 saturated heterocycles. The van der Waals surface area contributed by atoms with Gasteiger partial charge in [0.15, 0.2) is 0 Å². The van der Waals surface area contributed by atoms with Crippen molar-refractivity contribution in [2.24, 2.45) is 10.3 Å². The molecule has 1 aromatic carbocycles. The van der Waals surface area contributed by atoms with E-state index in [-0.39, 0.29) is 19.0 Å². The van der Waals surface area contributed by atoms with Crippen molar-refractivity contribution < 1.29 is 19.2 Å². The Balaban J connectivity index is 2.69. The Kier molecular flexibility index (Phi) is 6.94. The Labute approximate surface area is 124 Å². The predicted octanol–water partition coefficient (Wildman–Crippen LogP) is 2.32. The molecule has 0 aromatic heterocycles. The molecule has 0 bridgehead atoms. The second kappa shape index (κ2) is 8.73. The number of ether oxygens (including phenoxy) is 1. The second-order valence-electron chi connectivity index (χ2n) is 4.33. The van der Waals surface area contributed by atoms with Gasteiger partial charge in [-0.05, 0) is 25.0 Å². The van der Waals surface area contributed by atoms with Crippen LogP contribution >= 0.6 is 0 Å². The van der Waals surface area contributed by atoms with Crippen molar-refractivity contribution in [3.8, 4) is 0 Å². The lowest BCUT2D eigenvalue weighted by molar-refractivity contribution is -0.139. The van der Waals surface area contributed by atoms with Crippen LogP contribution in [0.25, 0.3) is 0 Å². The fourth-order valence-electron chi connectivity index (χ4n) is 1.57. The van der Waals surface area contributed by atoms with E-state index in [0.717, 1.165) is 11.1 Å². The largest absolute Gasteiger partial charge is 0.469 e. The molecule has 6 heteroatoms. The molecule has 1 rings (SSSR count). The van der Waals surface area contributed by atoms with Crippen LogP contribution in [0.2, 0.25) is 0 Å². The zero-order chi connectivity index (χ0) is 15.7. The number of nitrogens with zero attached hydrogens (tertiary/aromatic N) is 2. The van der Waals surface area contributed by atoms with Crippen molar-refractivity contribution >= 4 is 17.4 Å². The summed E-state index contributed by atoms with van der Waals surface area (Å²) in [7, 11) is 2.84. The van der Waals surface area contributed by atoms with Crippen LogP contribution < -0.4 is 0 Å². The SMILES string of the molecule is CO/N=C(C)\C(C)=N/OCc1ccccc1CC(=O)OC. The van der Waals surface area contributed by atoms with Gasteiger partial charge in [0.25, 0.3) is 0 Å². The van der Waals surface area contributed by atoms with Crippen molar-refractivity contribution in [1.29, 1.82) is 0 Å². The van der Waals surface area contributed by atoms with Gasteiger partial charge >= 0.3 is 5.97 Å². The number of carbonyl (C=O) groups is 1. The molecule has 0 amide bonds. The molecule has 6 nitrogen and oxygen atoms in total. The molecule has 114 valence electrons. The van der Waals surface area contributed by atoms with Crippen LogP contribution in [0, 0.1) is 0 Å². The fourth-order valence-corrected chi connectivity index (χ4v) is 1.57. The maximum Gasteiger partial charge on any atom is 0.309 e. The highest BCUT2D eigenvalue weighted by Gasteiger charge is 2.08. The highest BCUT2D eigenvalue weighted by molar-refractivity contribution is 6.40. The van der Waals surface area contributed by atoms with Crippen molar-refractivity contribution in [2.75, 3.05) is 14.2 Å². The Morgan fingerprint density at radius 1 is 1.05 bits per heavy atom. The number of esters is 1. The van der Waals surface area contributed by atoms with Crippen LogP contribution in [0.1, 0.15) is 25.0 Å². The summed E-state index contributed by atoms with van der Waals surface area (Å²) in [6.45, 7) is 3.82. The zero-order valence-corrected chi connectivity index (χ0v) is 12.8. The molecule has 0 aliphatic heterocycles. The van der Waals surface area contributed by atoms with Crippen molar-refractivity contribution in [2.45, 2.75) is 26.9 Å². The third-order valence-electron chi connectivity index (χ3n) is 2.85. The van der Waals surface area contributed by atoms with E-state index in [0.29, 0.717) is 11.4 Å². The van der Waals surface area contributed by atoms with Gasteiger partial charge in [-0.2, -0.15) is 0 Å².